The zero-order valence-electron chi connectivity index (χ0n) is 32.1. The van der Waals surface area contributed by atoms with Gasteiger partial charge in [-0.1, -0.05) is 45.4 Å². The fourth-order valence-electron chi connectivity index (χ4n) is 5.59. The lowest BCUT2D eigenvalue weighted by atomic mass is 9.74. The molecule has 0 aliphatic rings. The third-order valence-electron chi connectivity index (χ3n) is 9.37. The Morgan fingerprint density at radius 1 is 0.273 bits per heavy atom. The van der Waals surface area contributed by atoms with E-state index in [1.54, 1.807) is 0 Å². The van der Waals surface area contributed by atoms with Crippen molar-refractivity contribution in [2.45, 2.75) is 167 Å². The molecule has 0 aromatic rings. The van der Waals surface area contributed by atoms with E-state index < -0.39 is 146 Å². The van der Waals surface area contributed by atoms with Crippen molar-refractivity contribution >= 4 is 0 Å². The second-order valence-corrected chi connectivity index (χ2v) is 13.7. The number of alkyl halides is 34. The largest absolute Gasteiger partial charge is 0.460 e. The lowest BCUT2D eigenvalue weighted by molar-refractivity contribution is -0.495. The van der Waals surface area contributed by atoms with Gasteiger partial charge in [0.15, 0.2) is 0 Å². The summed E-state index contributed by atoms with van der Waals surface area (Å²) in [5.74, 6) is -142. The number of ether oxygens (including phenoxy) is 2. The smallest absolute Gasteiger partial charge is 0.345 e. The molecule has 0 saturated carbocycles. The van der Waals surface area contributed by atoms with Crippen LogP contribution in [0.1, 0.15) is 65.7 Å². The third-order valence-corrected chi connectivity index (χ3v) is 9.37. The fraction of sp³-hybridized carbons (Fsp3) is 1.00. The molecule has 0 rings (SSSR count). The minimum absolute atomic E-state index is 0.0131. The highest BCUT2D eigenvalue weighted by Gasteiger charge is 2.99. The maximum Gasteiger partial charge on any atom is 0.460 e. The van der Waals surface area contributed by atoms with Crippen LogP contribution in [0.5, 0.6) is 0 Å². The number of rotatable bonds is 26. The van der Waals surface area contributed by atoms with Crippen molar-refractivity contribution in [3.63, 3.8) is 0 Å². The zero-order chi connectivity index (χ0) is 53.9. The molecular weight excluding hydrogens is 1040 g/mol. The average molecular weight is 1070 g/mol. The SMILES string of the molecule is CCCCCCCCC(C(F)(F)C(F)(F)C(F)(F)C(F)(F)C(F)(F)C(F)(F)C(F)(F)C(F)(F)F)C(OCC)(OCC)C(F)(F)C(F)(F)C(F)(F)C(F)(F)C(F)(F)C(F)(F)C(F)(F)C(F)(F)F. The number of hydrogen-bond donors (Lipinski definition) is 0. The van der Waals surface area contributed by atoms with Gasteiger partial charge in [-0.05, 0) is 20.3 Å². The van der Waals surface area contributed by atoms with E-state index in [0.29, 0.717) is 0 Å². The van der Waals surface area contributed by atoms with Crippen LogP contribution in [0.2, 0.25) is 0 Å². The van der Waals surface area contributed by atoms with E-state index in [1.807, 2.05) is 0 Å². The van der Waals surface area contributed by atoms with Crippen molar-refractivity contribution in [3.8, 4) is 0 Å². The summed E-state index contributed by atoms with van der Waals surface area (Å²) in [6, 6.07) is 0. The maximum absolute atomic E-state index is 16.1. The van der Waals surface area contributed by atoms with E-state index in [0.717, 1.165) is 0 Å². The predicted molar refractivity (Wildman–Crippen MR) is 149 cm³/mol. The Morgan fingerprint density at radius 2 is 0.500 bits per heavy atom. The molecule has 0 aliphatic heterocycles. The first-order valence-electron chi connectivity index (χ1n) is 17.3. The Hall–Kier alpha value is -2.46. The minimum Gasteiger partial charge on any atom is -0.345 e. The summed E-state index contributed by atoms with van der Waals surface area (Å²) in [5.41, 5.74) is 0. The molecule has 1 unspecified atom stereocenters. The highest BCUT2D eigenvalue weighted by atomic mass is 19.4. The molecule has 36 heteroatoms. The molecule has 0 aromatic carbocycles. The number of unbranched alkanes of at least 4 members (excludes halogenated alkanes) is 5. The third kappa shape index (κ3) is 8.75. The Labute approximate surface area is 345 Å². The van der Waals surface area contributed by atoms with Gasteiger partial charge in [-0.25, -0.2) is 0 Å². The van der Waals surface area contributed by atoms with E-state index in [-0.39, 0.29) is 33.1 Å². The summed E-state index contributed by atoms with van der Waals surface area (Å²) in [4.78, 5) is 0. The van der Waals surface area contributed by atoms with Crippen LogP contribution in [0.3, 0.4) is 0 Å². The normalized spacial score (nSPS) is 16.9. The molecule has 0 bridgehead atoms. The van der Waals surface area contributed by atoms with E-state index >= 15 is 35.1 Å². The van der Waals surface area contributed by atoms with Crippen LogP contribution in [0.15, 0.2) is 0 Å². The quantitative estimate of drug-likeness (QED) is 0.0488. The summed E-state index contributed by atoms with van der Waals surface area (Å²) in [7, 11) is 0. The van der Waals surface area contributed by atoms with Crippen molar-refractivity contribution in [2.24, 2.45) is 5.92 Å². The van der Waals surface area contributed by atoms with Crippen LogP contribution in [-0.2, 0) is 9.47 Å². The molecule has 0 N–H and O–H groups in total. The average Bonchev–Trinajstić information content (AvgIpc) is 3.12. The van der Waals surface area contributed by atoms with Crippen LogP contribution >= 0.6 is 0 Å². The fourth-order valence-corrected chi connectivity index (χ4v) is 5.59. The van der Waals surface area contributed by atoms with Crippen molar-refractivity contribution in [1.82, 2.24) is 0 Å². The molecular formula is C30H28F34O2. The monoisotopic (exact) mass is 1070 g/mol. The van der Waals surface area contributed by atoms with Gasteiger partial charge in [-0.3, -0.25) is 0 Å². The van der Waals surface area contributed by atoms with Crippen molar-refractivity contribution < 1.29 is 159 Å². The first-order valence-corrected chi connectivity index (χ1v) is 17.3. The van der Waals surface area contributed by atoms with Crippen LogP contribution < -0.4 is 0 Å². The molecule has 0 aliphatic carbocycles. The summed E-state index contributed by atoms with van der Waals surface area (Å²) >= 11 is 0. The topological polar surface area (TPSA) is 18.5 Å². The Morgan fingerprint density at radius 3 is 0.758 bits per heavy atom. The first kappa shape index (κ1) is 63.5. The van der Waals surface area contributed by atoms with Crippen LogP contribution in [0, 0.1) is 5.92 Å². The van der Waals surface area contributed by atoms with Gasteiger partial charge in [0.2, 0.25) is 5.79 Å². The molecule has 0 saturated heterocycles. The maximum atomic E-state index is 16.1. The summed E-state index contributed by atoms with van der Waals surface area (Å²) in [6.07, 6.45) is -23.4. The second kappa shape index (κ2) is 18.4. The standard InChI is InChI=1S/C30H28F34O2/c1-4-7-8-9-10-11-12-13(14(31,32)16(33,34)18(37,38)20(41,42)23(47,48)25(51,52)27(55,56)29(59,60)61)15(65-5-2,66-6-3)17(35,36)19(39,40)21(43,44)22(45,46)24(49,50)26(53,54)28(57,58)30(62,63)64/h13H,4-12H2,1-3H3. The Kier molecular flexibility index (Phi) is 17.7. The number of halogens is 34. The number of hydrogen-bond acceptors (Lipinski definition) is 2. The van der Waals surface area contributed by atoms with Gasteiger partial charge >= 0.3 is 95.3 Å². The van der Waals surface area contributed by atoms with E-state index in [4.69, 9.17) is 0 Å². The first-order chi connectivity index (χ1) is 28.6. The van der Waals surface area contributed by atoms with Crippen LogP contribution in [0.25, 0.3) is 0 Å². The van der Waals surface area contributed by atoms with Gasteiger partial charge in [0.05, 0.1) is 5.92 Å². The van der Waals surface area contributed by atoms with E-state index in [1.165, 1.54) is 6.92 Å². The van der Waals surface area contributed by atoms with Gasteiger partial charge in [-0.2, -0.15) is 149 Å². The van der Waals surface area contributed by atoms with E-state index in [2.05, 4.69) is 9.47 Å². The summed E-state index contributed by atoms with van der Waals surface area (Å²) in [6.45, 7) is -3.84. The second-order valence-electron chi connectivity index (χ2n) is 13.7. The molecule has 66 heavy (non-hydrogen) atoms. The molecule has 0 spiro atoms. The Bertz CT molecular complexity index is 1580. The van der Waals surface area contributed by atoms with Crippen LogP contribution in [-0.4, -0.2) is 114 Å². The zero-order valence-corrected chi connectivity index (χ0v) is 32.1. The van der Waals surface area contributed by atoms with Crippen molar-refractivity contribution in [2.75, 3.05) is 13.2 Å². The van der Waals surface area contributed by atoms with Gasteiger partial charge < -0.3 is 9.47 Å². The molecule has 1 atom stereocenters. The van der Waals surface area contributed by atoms with Crippen LogP contribution in [0.4, 0.5) is 149 Å². The molecule has 0 aromatic heterocycles. The Balaban J connectivity index is 8.77. The van der Waals surface area contributed by atoms with E-state index in [9.17, 15) is 114 Å². The molecule has 398 valence electrons. The van der Waals surface area contributed by atoms with Crippen molar-refractivity contribution in [3.05, 3.63) is 0 Å². The molecule has 0 radical (unpaired) electrons. The predicted octanol–water partition coefficient (Wildman–Crippen LogP) is 15.1. The molecule has 0 fully saturated rings. The van der Waals surface area contributed by atoms with Gasteiger partial charge in [0, 0.05) is 13.2 Å². The van der Waals surface area contributed by atoms with Gasteiger partial charge in [0.1, 0.15) is 0 Å². The molecule has 2 nitrogen and oxygen atoms in total. The van der Waals surface area contributed by atoms with Gasteiger partial charge in [-0.15, -0.1) is 0 Å². The lowest BCUT2D eigenvalue weighted by Crippen LogP contribution is -2.79. The lowest BCUT2D eigenvalue weighted by Gasteiger charge is -2.52. The summed E-state index contributed by atoms with van der Waals surface area (Å²) < 4.78 is 490. The molecule has 0 heterocycles. The van der Waals surface area contributed by atoms with Gasteiger partial charge in [0.25, 0.3) is 0 Å². The molecule has 0 amide bonds. The summed E-state index contributed by atoms with van der Waals surface area (Å²) in [5, 5.41) is 0. The van der Waals surface area contributed by atoms with Crippen molar-refractivity contribution in [1.29, 1.82) is 0 Å². The minimum atomic E-state index is -9.60. The highest BCUT2D eigenvalue weighted by molar-refractivity contribution is 5.21. The highest BCUT2D eigenvalue weighted by Crippen LogP contribution is 2.69.